The zero-order chi connectivity index (χ0) is 16.1. The maximum absolute atomic E-state index is 13.5. The third kappa shape index (κ3) is 3.91. The van der Waals surface area contributed by atoms with Gasteiger partial charge in [0.2, 0.25) is 5.91 Å². The first-order valence-electron chi connectivity index (χ1n) is 6.82. The van der Waals surface area contributed by atoms with Crippen molar-refractivity contribution in [2.75, 3.05) is 19.4 Å². The van der Waals surface area contributed by atoms with Crippen molar-refractivity contribution in [1.82, 2.24) is 4.90 Å². The minimum Gasteiger partial charge on any atom is -0.349 e. The van der Waals surface area contributed by atoms with Crippen LogP contribution in [-0.2, 0) is 11.2 Å². The quantitative estimate of drug-likeness (QED) is 0.944. The maximum Gasteiger partial charge on any atom is 0.258 e. The second-order valence-electron chi connectivity index (χ2n) is 5.10. The lowest BCUT2D eigenvalue weighted by Gasteiger charge is -2.10. The third-order valence-electron chi connectivity index (χ3n) is 3.18. The Bertz CT molecular complexity index is 681. The molecule has 114 valence electrons. The molecule has 0 saturated carbocycles. The fourth-order valence-electron chi connectivity index (χ4n) is 1.88. The van der Waals surface area contributed by atoms with E-state index in [4.69, 9.17) is 0 Å². The highest BCUT2D eigenvalue weighted by Crippen LogP contribution is 2.14. The smallest absolute Gasteiger partial charge is 0.258 e. The molecule has 2 aromatic carbocycles. The fraction of sp³-hybridized carbons (Fsp3) is 0.176. The lowest BCUT2D eigenvalue weighted by molar-refractivity contribution is -0.127. The Labute approximate surface area is 128 Å². The predicted molar refractivity (Wildman–Crippen MR) is 83.2 cm³/mol. The molecule has 2 aromatic rings. The molecule has 2 rings (SSSR count). The summed E-state index contributed by atoms with van der Waals surface area (Å²) in [5.74, 6) is -1.06. The normalized spacial score (nSPS) is 10.1. The molecule has 0 saturated heterocycles. The summed E-state index contributed by atoms with van der Waals surface area (Å²) in [6, 6.07) is 12.7. The Morgan fingerprint density at radius 1 is 1.05 bits per heavy atom. The largest absolute Gasteiger partial charge is 0.349 e. The van der Waals surface area contributed by atoms with Crippen LogP contribution >= 0.6 is 0 Å². The molecule has 22 heavy (non-hydrogen) atoms. The van der Waals surface area contributed by atoms with Crippen LogP contribution in [0.15, 0.2) is 48.5 Å². The van der Waals surface area contributed by atoms with Crippen molar-refractivity contribution in [2.24, 2.45) is 0 Å². The third-order valence-corrected chi connectivity index (χ3v) is 3.18. The van der Waals surface area contributed by atoms with Crippen LogP contribution in [0.25, 0.3) is 0 Å². The summed E-state index contributed by atoms with van der Waals surface area (Å²) in [6.45, 7) is 0. The second-order valence-corrected chi connectivity index (χ2v) is 5.10. The molecule has 0 fully saturated rings. The SMILES string of the molecule is CN(C)C(=O)Cc1ccc(NC(=O)c2ccccc2F)cc1. The molecular weight excluding hydrogens is 283 g/mol. The maximum atomic E-state index is 13.5. The highest BCUT2D eigenvalue weighted by Gasteiger charge is 2.11. The van der Waals surface area contributed by atoms with Crippen molar-refractivity contribution in [1.29, 1.82) is 0 Å². The van der Waals surface area contributed by atoms with Crippen LogP contribution < -0.4 is 5.32 Å². The summed E-state index contributed by atoms with van der Waals surface area (Å²) in [5, 5.41) is 2.63. The molecular formula is C17H17FN2O2. The minimum atomic E-state index is -0.562. The molecule has 0 aliphatic carbocycles. The van der Waals surface area contributed by atoms with Gasteiger partial charge in [0.25, 0.3) is 5.91 Å². The fourth-order valence-corrected chi connectivity index (χ4v) is 1.88. The van der Waals surface area contributed by atoms with Crippen LogP contribution in [0.1, 0.15) is 15.9 Å². The van der Waals surface area contributed by atoms with Gasteiger partial charge in [0, 0.05) is 19.8 Å². The Morgan fingerprint density at radius 2 is 1.68 bits per heavy atom. The van der Waals surface area contributed by atoms with E-state index in [1.54, 1.807) is 44.4 Å². The predicted octanol–water partition coefficient (Wildman–Crippen LogP) is 2.71. The molecule has 5 heteroatoms. The van der Waals surface area contributed by atoms with Crippen LogP contribution in [0.5, 0.6) is 0 Å². The van der Waals surface area contributed by atoms with Gasteiger partial charge in [-0.3, -0.25) is 9.59 Å². The van der Waals surface area contributed by atoms with Crippen LogP contribution in [0, 0.1) is 5.82 Å². The van der Waals surface area contributed by atoms with Crippen LogP contribution in [0.2, 0.25) is 0 Å². The van der Waals surface area contributed by atoms with E-state index in [1.807, 2.05) is 0 Å². The van der Waals surface area contributed by atoms with E-state index < -0.39 is 11.7 Å². The lowest BCUT2D eigenvalue weighted by atomic mass is 10.1. The first-order valence-corrected chi connectivity index (χ1v) is 6.82. The number of nitrogens with one attached hydrogen (secondary N) is 1. The average molecular weight is 300 g/mol. The zero-order valence-electron chi connectivity index (χ0n) is 12.5. The second kappa shape index (κ2) is 6.85. The molecule has 0 aliphatic heterocycles. The molecule has 0 aromatic heterocycles. The molecule has 2 amide bonds. The summed E-state index contributed by atoms with van der Waals surface area (Å²) in [5.41, 5.74) is 1.39. The van der Waals surface area contributed by atoms with Gasteiger partial charge in [-0.2, -0.15) is 0 Å². The number of rotatable bonds is 4. The standard InChI is InChI=1S/C17H17FN2O2/c1-20(2)16(21)11-12-7-9-13(10-8-12)19-17(22)14-5-3-4-6-15(14)18/h3-10H,11H2,1-2H3,(H,19,22). The van der Waals surface area contributed by atoms with Gasteiger partial charge in [0.05, 0.1) is 12.0 Å². The molecule has 0 unspecified atom stereocenters. The van der Waals surface area contributed by atoms with Gasteiger partial charge in [0.1, 0.15) is 5.82 Å². The van der Waals surface area contributed by atoms with Gasteiger partial charge in [-0.1, -0.05) is 24.3 Å². The first kappa shape index (κ1) is 15.7. The number of amides is 2. The summed E-state index contributed by atoms with van der Waals surface area (Å²) in [7, 11) is 3.40. The number of benzene rings is 2. The first-order chi connectivity index (χ1) is 10.5. The van der Waals surface area contributed by atoms with Crippen LogP contribution in [0.3, 0.4) is 0 Å². The minimum absolute atomic E-state index is 0.00291. The van der Waals surface area contributed by atoms with E-state index in [9.17, 15) is 14.0 Å². The van der Waals surface area contributed by atoms with Crippen molar-refractivity contribution in [3.8, 4) is 0 Å². The Hall–Kier alpha value is -2.69. The Kier molecular flexibility index (Phi) is 4.88. The molecule has 0 bridgehead atoms. The van der Waals surface area contributed by atoms with Gasteiger partial charge in [-0.15, -0.1) is 0 Å². The van der Waals surface area contributed by atoms with Gasteiger partial charge >= 0.3 is 0 Å². The lowest BCUT2D eigenvalue weighted by Crippen LogP contribution is -2.23. The van der Waals surface area contributed by atoms with E-state index >= 15 is 0 Å². The number of likely N-dealkylation sites (N-methyl/N-ethyl adjacent to an activating group) is 1. The molecule has 1 N–H and O–H groups in total. The number of hydrogen-bond donors (Lipinski definition) is 1. The number of anilines is 1. The molecule has 0 spiro atoms. The molecule has 4 nitrogen and oxygen atoms in total. The van der Waals surface area contributed by atoms with Crippen molar-refractivity contribution in [3.05, 3.63) is 65.5 Å². The Balaban J connectivity index is 2.04. The van der Waals surface area contributed by atoms with Crippen molar-refractivity contribution >= 4 is 17.5 Å². The zero-order valence-corrected chi connectivity index (χ0v) is 12.5. The monoisotopic (exact) mass is 300 g/mol. The summed E-state index contributed by atoms with van der Waals surface area (Å²) in [6.07, 6.45) is 0.300. The molecule has 0 atom stereocenters. The summed E-state index contributed by atoms with van der Waals surface area (Å²) >= 11 is 0. The van der Waals surface area contributed by atoms with E-state index in [1.165, 1.54) is 23.1 Å². The van der Waals surface area contributed by atoms with Crippen molar-refractivity contribution in [3.63, 3.8) is 0 Å². The highest BCUT2D eigenvalue weighted by molar-refractivity contribution is 6.04. The topological polar surface area (TPSA) is 49.4 Å². The van der Waals surface area contributed by atoms with E-state index in [0.29, 0.717) is 12.1 Å². The number of carbonyl (C=O) groups is 2. The van der Waals surface area contributed by atoms with Crippen molar-refractivity contribution in [2.45, 2.75) is 6.42 Å². The summed E-state index contributed by atoms with van der Waals surface area (Å²) < 4.78 is 13.5. The van der Waals surface area contributed by atoms with E-state index in [2.05, 4.69) is 5.32 Å². The highest BCUT2D eigenvalue weighted by atomic mass is 19.1. The molecule has 0 aliphatic rings. The number of carbonyl (C=O) groups excluding carboxylic acids is 2. The van der Waals surface area contributed by atoms with E-state index in [0.717, 1.165) is 5.56 Å². The average Bonchev–Trinajstić information content (AvgIpc) is 2.49. The van der Waals surface area contributed by atoms with Gasteiger partial charge in [-0.05, 0) is 29.8 Å². The van der Waals surface area contributed by atoms with Gasteiger partial charge < -0.3 is 10.2 Å². The summed E-state index contributed by atoms with van der Waals surface area (Å²) in [4.78, 5) is 25.1. The van der Waals surface area contributed by atoms with Crippen LogP contribution in [-0.4, -0.2) is 30.8 Å². The number of nitrogens with zero attached hydrogens (tertiary/aromatic N) is 1. The molecule has 0 radical (unpaired) electrons. The number of halogens is 1. The van der Waals surface area contributed by atoms with Gasteiger partial charge in [0.15, 0.2) is 0 Å². The van der Waals surface area contributed by atoms with Gasteiger partial charge in [-0.25, -0.2) is 4.39 Å². The Morgan fingerprint density at radius 3 is 2.27 bits per heavy atom. The van der Waals surface area contributed by atoms with E-state index in [-0.39, 0.29) is 11.5 Å². The number of hydrogen-bond acceptors (Lipinski definition) is 2. The molecule has 0 heterocycles. The van der Waals surface area contributed by atoms with Crippen LogP contribution in [0.4, 0.5) is 10.1 Å². The van der Waals surface area contributed by atoms with Crippen molar-refractivity contribution < 1.29 is 14.0 Å².